The van der Waals surface area contributed by atoms with Crippen LogP contribution in [0.4, 0.5) is 0 Å². The molecule has 14 N–H and O–H groups in total. The van der Waals surface area contributed by atoms with Crippen LogP contribution < -0.4 is 29.6 Å². The van der Waals surface area contributed by atoms with E-state index in [0.29, 0.717) is 0 Å². The Hall–Kier alpha value is 1.16. The third-order valence-corrected chi connectivity index (χ3v) is 0. The van der Waals surface area contributed by atoms with E-state index in [0.717, 1.165) is 0 Å². The second kappa shape index (κ2) is 38.0. The van der Waals surface area contributed by atoms with Gasteiger partial charge in [-0.3, -0.25) is 9.11 Å². The Bertz CT molecular complexity index is 103. The molecule has 0 aliphatic rings. The predicted molar refractivity (Wildman–Crippen MR) is 46.9 cm³/mol. The molecule has 0 aliphatic heterocycles. The summed E-state index contributed by atoms with van der Waals surface area (Å²) in [6.45, 7) is 0. The summed E-state index contributed by atoms with van der Waals surface area (Å²) >= 11 is 0. The first-order valence-electron chi connectivity index (χ1n) is 0.698. The van der Waals surface area contributed by atoms with E-state index in [-0.39, 0.29) is 81.2 Å². The summed E-state index contributed by atoms with van der Waals surface area (Å²) in [5, 5.41) is 0. The van der Waals surface area contributed by atoms with Crippen LogP contribution in [0.5, 0.6) is 0 Å². The fourth-order valence-corrected chi connectivity index (χ4v) is 0. The van der Waals surface area contributed by atoms with E-state index in [1.165, 1.54) is 0 Å². The summed E-state index contributed by atoms with van der Waals surface area (Å²) in [7, 11) is -4.67. The second-order valence-corrected chi connectivity index (χ2v) is 1.34. The maximum atomic E-state index is 8.74. The SMILES string of the molecule is O.O.O.O.O.O.O=S(=O)(O)O.[AlH3].[H-].[Na+]. The standard InChI is InChI=1S/Al.Na.H2O4S.6H2O.4H/c;;1-5(2,3)4;;;;;;;;;;/h;;(H2,1,2,3,4);6*1H2;;;;/q;+1;;;;;;;;;;;-1. The predicted octanol–water partition coefficient (Wildman–Crippen LogP) is -9.67. The minimum Gasteiger partial charge on any atom is -1.00 e. The van der Waals surface area contributed by atoms with Crippen molar-refractivity contribution < 1.29 is 81.4 Å². The molecule has 0 aromatic heterocycles. The van der Waals surface area contributed by atoms with Gasteiger partial charge >= 0.3 is 40.0 Å². The molecule has 0 amide bonds. The van der Waals surface area contributed by atoms with Crippen LogP contribution in [0, 0.1) is 0 Å². The van der Waals surface area contributed by atoms with Crippen LogP contribution in [0.2, 0.25) is 0 Å². The normalized spacial score (nSPS) is 4.46. The van der Waals surface area contributed by atoms with Gasteiger partial charge in [0.25, 0.3) is 0 Å². The first-order chi connectivity index (χ1) is 2.00. The Kier molecular flexibility index (Phi) is 269. The van der Waals surface area contributed by atoms with Crippen molar-refractivity contribution in [1.82, 2.24) is 0 Å². The Morgan fingerprint density at radius 2 is 0.769 bits per heavy atom. The largest absolute Gasteiger partial charge is 1.00 e. The smallest absolute Gasteiger partial charge is 1.00 e. The van der Waals surface area contributed by atoms with Gasteiger partial charge < -0.3 is 34.3 Å². The van der Waals surface area contributed by atoms with Gasteiger partial charge in [0.1, 0.15) is 0 Å². The van der Waals surface area contributed by atoms with Crippen molar-refractivity contribution in [1.29, 1.82) is 0 Å². The molecule has 0 spiro atoms. The van der Waals surface area contributed by atoms with E-state index in [4.69, 9.17) is 17.5 Å². The molecule has 88 valence electrons. The van der Waals surface area contributed by atoms with Gasteiger partial charge in [0.05, 0.1) is 0 Å². The molecule has 0 rings (SSSR count). The molecule has 0 aromatic rings. The Labute approximate surface area is 109 Å². The Morgan fingerprint density at radius 1 is 0.769 bits per heavy atom. The zero-order valence-corrected chi connectivity index (χ0v) is 8.94. The average Bonchev–Trinajstić information content (AvgIpc) is 0.722. The van der Waals surface area contributed by atoms with Crippen molar-refractivity contribution in [3.8, 4) is 0 Å². The van der Waals surface area contributed by atoms with Crippen molar-refractivity contribution in [3.63, 3.8) is 0 Å². The summed E-state index contributed by atoms with van der Waals surface area (Å²) in [6.07, 6.45) is 0. The summed E-state index contributed by atoms with van der Waals surface area (Å²) in [4.78, 5) is 0. The molecule has 0 saturated heterocycles. The molecule has 0 bridgehead atoms. The summed E-state index contributed by atoms with van der Waals surface area (Å²) < 4.78 is 31.6. The molecule has 0 aromatic carbocycles. The molecule has 13 heavy (non-hydrogen) atoms. The molecule has 0 radical (unpaired) electrons. The maximum Gasteiger partial charge on any atom is 1.00 e. The maximum absolute atomic E-state index is 8.74. The third-order valence-electron chi connectivity index (χ3n) is 0. The van der Waals surface area contributed by atoms with Crippen LogP contribution in [0.3, 0.4) is 0 Å². The van der Waals surface area contributed by atoms with Gasteiger partial charge in [-0.1, -0.05) is 0 Å². The third kappa shape index (κ3) is 1210. The van der Waals surface area contributed by atoms with Gasteiger partial charge in [-0.15, -0.1) is 0 Å². The molecule has 0 fully saturated rings. The van der Waals surface area contributed by atoms with Crippen LogP contribution in [-0.2, 0) is 10.4 Å². The molecule has 0 heterocycles. The van der Waals surface area contributed by atoms with Crippen LogP contribution in [-0.4, -0.2) is 67.7 Å². The molecular formula is H18AlNaO10S. The molecule has 0 atom stereocenters. The molecule has 0 aliphatic carbocycles. The van der Waals surface area contributed by atoms with Gasteiger partial charge in [0.2, 0.25) is 0 Å². The van der Waals surface area contributed by atoms with Crippen molar-refractivity contribution >= 4 is 27.8 Å². The van der Waals surface area contributed by atoms with Crippen molar-refractivity contribution in [2.24, 2.45) is 0 Å². The zero-order valence-electron chi connectivity index (χ0n) is 7.12. The van der Waals surface area contributed by atoms with E-state index >= 15 is 0 Å². The molecule has 13 heteroatoms. The summed E-state index contributed by atoms with van der Waals surface area (Å²) in [6, 6.07) is 0. The fourth-order valence-electron chi connectivity index (χ4n) is 0. The van der Waals surface area contributed by atoms with Gasteiger partial charge in [-0.2, -0.15) is 8.42 Å². The van der Waals surface area contributed by atoms with Crippen LogP contribution in [0.15, 0.2) is 0 Å². The quantitative estimate of drug-likeness (QED) is 0.317. The van der Waals surface area contributed by atoms with Gasteiger partial charge in [-0.25, -0.2) is 0 Å². The minimum atomic E-state index is -4.67. The first-order valence-corrected chi connectivity index (χ1v) is 2.10. The van der Waals surface area contributed by atoms with Crippen LogP contribution in [0.25, 0.3) is 0 Å². The van der Waals surface area contributed by atoms with E-state index in [1.807, 2.05) is 0 Å². The number of hydrogen-bond donors (Lipinski definition) is 2. The van der Waals surface area contributed by atoms with E-state index in [9.17, 15) is 0 Å². The van der Waals surface area contributed by atoms with Gasteiger partial charge in [-0.05, 0) is 0 Å². The zero-order chi connectivity index (χ0) is 4.50. The van der Waals surface area contributed by atoms with Gasteiger partial charge in [0, 0.05) is 0 Å². The molecule has 0 saturated carbocycles. The van der Waals surface area contributed by atoms with Gasteiger partial charge in [0.15, 0.2) is 17.4 Å². The molecular weight excluding hydrogens is 242 g/mol. The van der Waals surface area contributed by atoms with E-state index in [1.54, 1.807) is 0 Å². The van der Waals surface area contributed by atoms with Crippen LogP contribution >= 0.6 is 0 Å². The van der Waals surface area contributed by atoms with Crippen LogP contribution in [0.1, 0.15) is 1.43 Å². The Morgan fingerprint density at radius 3 is 0.769 bits per heavy atom. The monoisotopic (exact) mass is 260 g/mol. The fraction of sp³-hybridized carbons (Fsp3) is 0. The minimum absolute atomic E-state index is 0. The molecule has 10 nitrogen and oxygen atoms in total. The Balaban J connectivity index is -0.00000000222. The first kappa shape index (κ1) is 92.1. The topological polar surface area (TPSA) is 264 Å². The molecule has 0 unspecified atom stereocenters. The second-order valence-electron chi connectivity index (χ2n) is 0.448. The summed E-state index contributed by atoms with van der Waals surface area (Å²) in [5.41, 5.74) is 0. The number of rotatable bonds is 0. The van der Waals surface area contributed by atoms with Crippen molar-refractivity contribution in [2.75, 3.05) is 0 Å². The van der Waals surface area contributed by atoms with E-state index < -0.39 is 10.4 Å². The average molecular weight is 260 g/mol. The van der Waals surface area contributed by atoms with Crippen molar-refractivity contribution in [3.05, 3.63) is 0 Å². The van der Waals surface area contributed by atoms with E-state index in [2.05, 4.69) is 0 Å². The van der Waals surface area contributed by atoms with Crippen molar-refractivity contribution in [2.45, 2.75) is 0 Å². The summed E-state index contributed by atoms with van der Waals surface area (Å²) in [5.74, 6) is 0. The number of hydrogen-bond acceptors (Lipinski definition) is 2.